The molecule has 2 rings (SSSR count). The van der Waals surface area contributed by atoms with E-state index in [2.05, 4.69) is 15.5 Å². The zero-order chi connectivity index (χ0) is 14.9. The van der Waals surface area contributed by atoms with Crippen molar-refractivity contribution < 1.29 is 14.7 Å². The molecule has 0 bridgehead atoms. The monoisotopic (exact) mass is 283 g/mol. The van der Waals surface area contributed by atoms with Crippen LogP contribution in [0.5, 0.6) is 0 Å². The van der Waals surface area contributed by atoms with Crippen LogP contribution in [0.1, 0.15) is 40.0 Å². The Morgan fingerprint density at radius 1 is 1.25 bits per heavy atom. The molecule has 2 fully saturated rings. The molecule has 2 saturated heterocycles. The summed E-state index contributed by atoms with van der Waals surface area (Å²) in [5.74, 6) is -0.999. The standard InChI is InChI=1S/C14H25N3O3/c1-14(2,3)11(12(18)19)16-13(20)15-9-6-8-17-7-4-5-10(9)17/h9-11H,4-8H2,1-3H3,(H,18,19)(H2,15,16,20)/t9?,10?,11-/m0/s1. The van der Waals surface area contributed by atoms with Crippen LogP contribution in [0.2, 0.25) is 0 Å². The van der Waals surface area contributed by atoms with E-state index in [9.17, 15) is 14.7 Å². The molecule has 0 aromatic rings. The minimum absolute atomic E-state index is 0.145. The lowest BCUT2D eigenvalue weighted by molar-refractivity contribution is -0.141. The molecule has 2 amide bonds. The summed E-state index contributed by atoms with van der Waals surface area (Å²) in [6.45, 7) is 7.56. The number of nitrogens with zero attached hydrogens (tertiary/aromatic N) is 1. The normalized spacial score (nSPS) is 27.9. The Bertz CT molecular complexity index is 392. The van der Waals surface area contributed by atoms with Crippen molar-refractivity contribution >= 4 is 12.0 Å². The zero-order valence-corrected chi connectivity index (χ0v) is 12.5. The summed E-state index contributed by atoms with van der Waals surface area (Å²) in [7, 11) is 0. The van der Waals surface area contributed by atoms with Crippen LogP contribution in [-0.2, 0) is 4.79 Å². The van der Waals surface area contributed by atoms with E-state index in [4.69, 9.17) is 0 Å². The molecule has 2 aliphatic rings. The van der Waals surface area contributed by atoms with Gasteiger partial charge in [0.15, 0.2) is 0 Å². The molecule has 0 spiro atoms. The van der Waals surface area contributed by atoms with Gasteiger partial charge >= 0.3 is 12.0 Å². The first kappa shape index (κ1) is 15.1. The summed E-state index contributed by atoms with van der Waals surface area (Å²) in [5, 5.41) is 14.8. The topological polar surface area (TPSA) is 81.7 Å². The predicted octanol–water partition coefficient (Wildman–Crippen LogP) is 1.02. The number of urea groups is 1. The molecule has 3 atom stereocenters. The Labute approximate surface area is 119 Å². The van der Waals surface area contributed by atoms with Crippen molar-refractivity contribution in [3.8, 4) is 0 Å². The zero-order valence-electron chi connectivity index (χ0n) is 12.5. The van der Waals surface area contributed by atoms with Gasteiger partial charge in [-0.2, -0.15) is 0 Å². The highest BCUT2D eigenvalue weighted by Crippen LogP contribution is 2.28. The van der Waals surface area contributed by atoms with E-state index in [0.717, 1.165) is 25.9 Å². The van der Waals surface area contributed by atoms with Crippen molar-refractivity contribution in [2.75, 3.05) is 13.1 Å². The molecule has 0 aromatic heterocycles. The van der Waals surface area contributed by atoms with Crippen LogP contribution >= 0.6 is 0 Å². The second kappa shape index (κ2) is 5.60. The maximum atomic E-state index is 12.0. The molecule has 20 heavy (non-hydrogen) atoms. The number of hydrogen-bond acceptors (Lipinski definition) is 3. The van der Waals surface area contributed by atoms with Gasteiger partial charge in [-0.3, -0.25) is 4.90 Å². The van der Waals surface area contributed by atoms with Crippen LogP contribution in [0.3, 0.4) is 0 Å². The van der Waals surface area contributed by atoms with Gasteiger partial charge in [-0.05, 0) is 31.2 Å². The number of rotatable bonds is 3. The number of carbonyl (C=O) groups excluding carboxylic acids is 1. The highest BCUT2D eigenvalue weighted by atomic mass is 16.4. The Morgan fingerprint density at radius 2 is 1.95 bits per heavy atom. The van der Waals surface area contributed by atoms with E-state index in [1.54, 1.807) is 20.8 Å². The molecule has 2 heterocycles. The van der Waals surface area contributed by atoms with Crippen molar-refractivity contribution in [2.45, 2.75) is 58.2 Å². The number of nitrogens with one attached hydrogen (secondary N) is 2. The third kappa shape index (κ3) is 3.23. The van der Waals surface area contributed by atoms with Crippen LogP contribution in [-0.4, -0.2) is 53.2 Å². The van der Waals surface area contributed by atoms with Gasteiger partial charge in [-0.15, -0.1) is 0 Å². The average Bonchev–Trinajstić information content (AvgIpc) is 2.89. The molecule has 0 radical (unpaired) electrons. The molecule has 2 unspecified atom stereocenters. The maximum Gasteiger partial charge on any atom is 0.326 e. The Hall–Kier alpha value is -1.30. The number of amides is 2. The summed E-state index contributed by atoms with van der Waals surface area (Å²) in [6, 6.07) is -0.680. The molecule has 0 aromatic carbocycles. The van der Waals surface area contributed by atoms with Gasteiger partial charge in [0.2, 0.25) is 0 Å². The summed E-state index contributed by atoms with van der Waals surface area (Å²) in [5.41, 5.74) is -0.516. The van der Waals surface area contributed by atoms with Crippen LogP contribution in [0.15, 0.2) is 0 Å². The number of fused-ring (bicyclic) bond motifs is 1. The van der Waals surface area contributed by atoms with Crippen LogP contribution in [0, 0.1) is 5.41 Å². The first-order valence-electron chi connectivity index (χ1n) is 7.33. The number of aliphatic carboxylic acids is 1. The van der Waals surface area contributed by atoms with Gasteiger partial charge in [-0.1, -0.05) is 20.8 Å². The van der Waals surface area contributed by atoms with Gasteiger partial charge < -0.3 is 15.7 Å². The van der Waals surface area contributed by atoms with E-state index in [1.165, 1.54) is 6.42 Å². The molecule has 114 valence electrons. The molecule has 3 N–H and O–H groups in total. The molecule has 6 nitrogen and oxygen atoms in total. The first-order valence-corrected chi connectivity index (χ1v) is 7.33. The van der Waals surface area contributed by atoms with Gasteiger partial charge in [0.1, 0.15) is 6.04 Å². The fraction of sp³-hybridized carbons (Fsp3) is 0.857. The third-order valence-corrected chi connectivity index (χ3v) is 4.31. The highest BCUT2D eigenvalue weighted by molar-refractivity contribution is 5.83. The largest absolute Gasteiger partial charge is 0.480 e. The summed E-state index contributed by atoms with van der Waals surface area (Å²) in [4.78, 5) is 25.7. The number of carboxylic acid groups (broad SMARTS) is 1. The highest BCUT2D eigenvalue weighted by Gasteiger charge is 2.39. The molecular weight excluding hydrogens is 258 g/mol. The molecular formula is C14H25N3O3. The minimum atomic E-state index is -0.999. The SMILES string of the molecule is CC(C)(C)[C@@H](NC(=O)NC1CCN2CCCC12)C(=O)O. The van der Waals surface area contributed by atoms with E-state index in [0.29, 0.717) is 6.04 Å². The summed E-state index contributed by atoms with van der Waals surface area (Å²) >= 11 is 0. The lowest BCUT2D eigenvalue weighted by Crippen LogP contribution is -2.55. The second-order valence-corrected chi connectivity index (χ2v) is 6.90. The van der Waals surface area contributed by atoms with Crippen molar-refractivity contribution in [2.24, 2.45) is 5.41 Å². The van der Waals surface area contributed by atoms with Crippen LogP contribution in [0.25, 0.3) is 0 Å². The van der Waals surface area contributed by atoms with Gasteiger partial charge in [0.25, 0.3) is 0 Å². The van der Waals surface area contributed by atoms with E-state index < -0.39 is 17.4 Å². The fourth-order valence-corrected chi connectivity index (χ4v) is 3.24. The van der Waals surface area contributed by atoms with Crippen molar-refractivity contribution in [1.29, 1.82) is 0 Å². The maximum absolute atomic E-state index is 12.0. The Kier molecular flexibility index (Phi) is 4.22. The third-order valence-electron chi connectivity index (χ3n) is 4.31. The van der Waals surface area contributed by atoms with E-state index in [1.807, 2.05) is 0 Å². The first-order chi connectivity index (χ1) is 9.29. The molecule has 2 aliphatic heterocycles. The lowest BCUT2D eigenvalue weighted by Gasteiger charge is -2.29. The quantitative estimate of drug-likeness (QED) is 0.722. The fourth-order valence-electron chi connectivity index (χ4n) is 3.24. The Balaban J connectivity index is 1.90. The van der Waals surface area contributed by atoms with Crippen LogP contribution in [0.4, 0.5) is 4.79 Å². The van der Waals surface area contributed by atoms with Crippen molar-refractivity contribution in [3.63, 3.8) is 0 Å². The second-order valence-electron chi connectivity index (χ2n) is 6.90. The van der Waals surface area contributed by atoms with Crippen molar-refractivity contribution in [3.05, 3.63) is 0 Å². The van der Waals surface area contributed by atoms with E-state index >= 15 is 0 Å². The number of hydrogen-bond donors (Lipinski definition) is 3. The molecule has 6 heteroatoms. The number of carbonyl (C=O) groups is 2. The van der Waals surface area contributed by atoms with Gasteiger partial charge in [0.05, 0.1) is 0 Å². The Morgan fingerprint density at radius 3 is 2.55 bits per heavy atom. The lowest BCUT2D eigenvalue weighted by atomic mass is 9.87. The number of carboxylic acids is 1. The summed E-state index contributed by atoms with van der Waals surface area (Å²) < 4.78 is 0. The average molecular weight is 283 g/mol. The molecule has 0 saturated carbocycles. The van der Waals surface area contributed by atoms with Gasteiger partial charge in [-0.25, -0.2) is 9.59 Å². The van der Waals surface area contributed by atoms with Crippen LogP contribution < -0.4 is 10.6 Å². The molecule has 0 aliphatic carbocycles. The van der Waals surface area contributed by atoms with Gasteiger partial charge in [0, 0.05) is 18.6 Å². The van der Waals surface area contributed by atoms with E-state index in [-0.39, 0.29) is 12.1 Å². The minimum Gasteiger partial charge on any atom is -0.480 e. The summed E-state index contributed by atoms with van der Waals surface area (Å²) in [6.07, 6.45) is 3.25. The van der Waals surface area contributed by atoms with Crippen molar-refractivity contribution in [1.82, 2.24) is 15.5 Å². The predicted molar refractivity (Wildman–Crippen MR) is 75.5 cm³/mol. The smallest absolute Gasteiger partial charge is 0.326 e.